The predicted octanol–water partition coefficient (Wildman–Crippen LogP) is 3.42. The molecule has 2 unspecified atom stereocenters. The first-order valence-electron chi connectivity index (χ1n) is 8.41. The Kier molecular flexibility index (Phi) is 5.85. The molecule has 2 aromatic carbocycles. The van der Waals surface area contributed by atoms with Crippen LogP contribution in [0.15, 0.2) is 66.8 Å². The molecule has 2 aromatic rings. The van der Waals surface area contributed by atoms with Crippen molar-refractivity contribution in [2.75, 3.05) is 7.05 Å². The average molecular weight is 337 g/mol. The van der Waals surface area contributed by atoms with E-state index in [1.807, 2.05) is 13.1 Å². The van der Waals surface area contributed by atoms with Crippen LogP contribution in [0.3, 0.4) is 0 Å². The van der Waals surface area contributed by atoms with Crippen molar-refractivity contribution < 1.29 is 5.11 Å². The van der Waals surface area contributed by atoms with Crippen LogP contribution in [0.4, 0.5) is 0 Å². The Labute approximate surface area is 146 Å². The van der Waals surface area contributed by atoms with Gasteiger partial charge in [-0.15, -0.1) is 0 Å². The minimum atomic E-state index is 0.399. The Morgan fingerprint density at radius 3 is 2.79 bits per heavy atom. The molecule has 0 bridgehead atoms. The summed E-state index contributed by atoms with van der Waals surface area (Å²) in [6.45, 7) is 0.850. The molecular weight excluding hydrogens is 313 g/mol. The van der Waals surface area contributed by atoms with E-state index in [0.717, 1.165) is 24.7 Å². The summed E-state index contributed by atoms with van der Waals surface area (Å²) in [4.78, 5) is 0. The van der Waals surface area contributed by atoms with Gasteiger partial charge in [0.15, 0.2) is 0 Å². The lowest BCUT2D eigenvalue weighted by atomic mass is 9.93. The fourth-order valence-corrected chi connectivity index (χ4v) is 4.30. The number of rotatable bonds is 6. The summed E-state index contributed by atoms with van der Waals surface area (Å²) in [5.74, 6) is 0.961. The zero-order chi connectivity index (χ0) is 16.8. The number of hydrogen-bond acceptors (Lipinski definition) is 2. The van der Waals surface area contributed by atoms with E-state index in [1.165, 1.54) is 16.4 Å². The highest BCUT2D eigenvalue weighted by atomic mass is 31.1. The first-order chi connectivity index (χ1) is 11.8. The van der Waals surface area contributed by atoms with E-state index >= 15 is 0 Å². The van der Waals surface area contributed by atoms with Crippen molar-refractivity contribution in [3.05, 3.63) is 77.9 Å². The second-order valence-corrected chi connectivity index (χ2v) is 7.50. The van der Waals surface area contributed by atoms with Crippen LogP contribution in [0.2, 0.25) is 0 Å². The van der Waals surface area contributed by atoms with Crippen LogP contribution >= 0.6 is 8.58 Å². The molecular formula is C21H24NOP. The van der Waals surface area contributed by atoms with Crippen molar-refractivity contribution in [3.8, 4) is 5.75 Å². The van der Waals surface area contributed by atoms with Gasteiger partial charge in [-0.05, 0) is 54.4 Å². The molecule has 2 N–H and O–H groups in total. The van der Waals surface area contributed by atoms with Crippen LogP contribution in [0.25, 0.3) is 0 Å². The molecule has 0 heterocycles. The third-order valence-corrected chi connectivity index (χ3v) is 5.71. The summed E-state index contributed by atoms with van der Waals surface area (Å²) in [5.41, 5.74) is 2.59. The number of aromatic hydroxyl groups is 1. The molecule has 3 heteroatoms. The van der Waals surface area contributed by atoms with E-state index in [9.17, 15) is 5.11 Å². The topological polar surface area (TPSA) is 32.3 Å². The first-order valence-corrected chi connectivity index (χ1v) is 9.41. The van der Waals surface area contributed by atoms with E-state index in [4.69, 9.17) is 0 Å². The maximum absolute atomic E-state index is 10.3. The predicted molar refractivity (Wildman–Crippen MR) is 105 cm³/mol. The van der Waals surface area contributed by atoms with Gasteiger partial charge >= 0.3 is 0 Å². The van der Waals surface area contributed by atoms with Crippen LogP contribution < -0.4 is 15.9 Å². The number of hydrogen-bond donors (Lipinski definition) is 2. The van der Waals surface area contributed by atoms with Gasteiger partial charge in [0.25, 0.3) is 0 Å². The Bertz CT molecular complexity index is 751. The number of phenolic OH excluding ortho intramolecular Hbond substituents is 1. The van der Waals surface area contributed by atoms with E-state index in [2.05, 4.69) is 66.0 Å². The molecule has 0 saturated carbocycles. The third-order valence-electron chi connectivity index (χ3n) is 4.28. The summed E-state index contributed by atoms with van der Waals surface area (Å²) in [7, 11) is 2.43. The molecule has 0 radical (unpaired) electrons. The monoisotopic (exact) mass is 337 g/mol. The van der Waals surface area contributed by atoms with E-state index in [1.54, 1.807) is 0 Å². The summed E-state index contributed by atoms with van der Waals surface area (Å²) in [6.07, 6.45) is 10.9. The van der Waals surface area contributed by atoms with Crippen LogP contribution in [0.1, 0.15) is 17.5 Å². The number of nitrogens with one attached hydrogen (secondary N) is 1. The van der Waals surface area contributed by atoms with Crippen LogP contribution in [0, 0.1) is 5.92 Å². The molecule has 0 spiro atoms. The molecule has 0 aromatic heterocycles. The molecule has 1 aliphatic rings. The van der Waals surface area contributed by atoms with E-state index < -0.39 is 0 Å². The molecule has 0 aliphatic heterocycles. The number of allylic oxidation sites excluding steroid dienone is 4. The lowest BCUT2D eigenvalue weighted by Gasteiger charge is -2.15. The smallest absolute Gasteiger partial charge is 0.123 e. The van der Waals surface area contributed by atoms with Crippen molar-refractivity contribution in [2.24, 2.45) is 5.92 Å². The Balaban J connectivity index is 1.79. The van der Waals surface area contributed by atoms with Gasteiger partial charge in [-0.2, -0.15) is 0 Å². The van der Waals surface area contributed by atoms with E-state index in [-0.39, 0.29) is 0 Å². The molecule has 2 atom stereocenters. The van der Waals surface area contributed by atoms with Crippen molar-refractivity contribution in [3.63, 3.8) is 0 Å². The molecule has 2 nitrogen and oxygen atoms in total. The third kappa shape index (κ3) is 4.35. The second-order valence-electron chi connectivity index (χ2n) is 6.18. The lowest BCUT2D eigenvalue weighted by molar-refractivity contribution is 0.479. The quantitative estimate of drug-likeness (QED) is 0.792. The Morgan fingerprint density at radius 1 is 1.12 bits per heavy atom. The van der Waals surface area contributed by atoms with E-state index in [0.29, 0.717) is 20.2 Å². The molecule has 0 saturated heterocycles. The second kappa shape index (κ2) is 8.28. The van der Waals surface area contributed by atoms with Crippen molar-refractivity contribution in [1.29, 1.82) is 0 Å². The van der Waals surface area contributed by atoms with Gasteiger partial charge in [-0.3, -0.25) is 0 Å². The van der Waals surface area contributed by atoms with Crippen LogP contribution in [0.5, 0.6) is 5.75 Å². The van der Waals surface area contributed by atoms with Crippen LogP contribution in [-0.4, -0.2) is 12.2 Å². The van der Waals surface area contributed by atoms with Crippen LogP contribution in [-0.2, 0) is 13.0 Å². The Hall–Kier alpha value is -1.89. The summed E-state index contributed by atoms with van der Waals surface area (Å²) >= 11 is 0. The molecule has 124 valence electrons. The SMILES string of the molecule is CNCc1ccccc1Pc1cc(CC2C=CC=CC2)ccc1O. The maximum atomic E-state index is 10.3. The average Bonchev–Trinajstić information content (AvgIpc) is 2.61. The molecule has 3 rings (SSSR count). The highest BCUT2D eigenvalue weighted by Crippen LogP contribution is 2.24. The van der Waals surface area contributed by atoms with Crippen molar-refractivity contribution >= 4 is 19.2 Å². The zero-order valence-electron chi connectivity index (χ0n) is 14.0. The maximum Gasteiger partial charge on any atom is 0.123 e. The van der Waals surface area contributed by atoms with Gasteiger partial charge in [-0.25, -0.2) is 0 Å². The number of phenols is 1. The highest BCUT2D eigenvalue weighted by molar-refractivity contribution is 7.55. The van der Waals surface area contributed by atoms with Gasteiger partial charge in [0, 0.05) is 11.8 Å². The van der Waals surface area contributed by atoms with Crippen molar-refractivity contribution in [2.45, 2.75) is 19.4 Å². The largest absolute Gasteiger partial charge is 0.507 e. The summed E-state index contributed by atoms with van der Waals surface area (Å²) < 4.78 is 0. The first kappa shape index (κ1) is 17.0. The van der Waals surface area contributed by atoms with Gasteiger partial charge in [0.2, 0.25) is 0 Å². The summed E-state index contributed by atoms with van der Waals surface area (Å²) in [6, 6.07) is 14.5. The fraction of sp³-hybridized carbons (Fsp3) is 0.238. The molecule has 24 heavy (non-hydrogen) atoms. The van der Waals surface area contributed by atoms with Gasteiger partial charge in [0.05, 0.1) is 0 Å². The molecule has 1 aliphatic carbocycles. The molecule has 0 amide bonds. The summed E-state index contributed by atoms with van der Waals surface area (Å²) in [5, 5.41) is 15.8. The van der Waals surface area contributed by atoms with Crippen molar-refractivity contribution in [1.82, 2.24) is 5.32 Å². The Morgan fingerprint density at radius 2 is 2.00 bits per heavy atom. The minimum absolute atomic E-state index is 0.399. The molecule has 0 fully saturated rings. The standard InChI is InChI=1S/C21H24NOP/c1-22-15-18-9-5-6-10-20(18)24-21-14-17(11-12-19(21)23)13-16-7-3-2-4-8-16/h2-7,9-12,14,16,22-24H,8,13,15H2,1H3. The fourth-order valence-electron chi connectivity index (χ4n) is 3.03. The zero-order valence-corrected chi connectivity index (χ0v) is 15.0. The van der Waals surface area contributed by atoms with Gasteiger partial charge in [-0.1, -0.05) is 63.2 Å². The van der Waals surface area contributed by atoms with Gasteiger partial charge in [0.1, 0.15) is 5.75 Å². The number of benzene rings is 2. The lowest BCUT2D eigenvalue weighted by Crippen LogP contribution is -2.15. The normalized spacial score (nSPS) is 17.0. The minimum Gasteiger partial charge on any atom is -0.507 e. The highest BCUT2D eigenvalue weighted by Gasteiger charge is 2.11. The van der Waals surface area contributed by atoms with Gasteiger partial charge < -0.3 is 10.4 Å².